The van der Waals surface area contributed by atoms with Gasteiger partial charge in [-0.25, -0.2) is 4.98 Å². The molecule has 2 aliphatic heterocycles. The quantitative estimate of drug-likeness (QED) is 0.836. The van der Waals surface area contributed by atoms with Gasteiger partial charge in [0.05, 0.1) is 11.2 Å². The van der Waals surface area contributed by atoms with Gasteiger partial charge in [-0.05, 0) is 37.8 Å². The summed E-state index contributed by atoms with van der Waals surface area (Å²) in [6, 6.07) is 13.1. The van der Waals surface area contributed by atoms with Crippen molar-refractivity contribution in [3.63, 3.8) is 0 Å². The van der Waals surface area contributed by atoms with Gasteiger partial charge >= 0.3 is 0 Å². The molecule has 4 rings (SSSR count). The van der Waals surface area contributed by atoms with Crippen molar-refractivity contribution in [3.8, 4) is 0 Å². The molecule has 1 aromatic heterocycles. The van der Waals surface area contributed by atoms with Gasteiger partial charge in [0.2, 0.25) is 0 Å². The van der Waals surface area contributed by atoms with Gasteiger partial charge in [0.15, 0.2) is 0 Å². The third-order valence-electron chi connectivity index (χ3n) is 4.82. The highest BCUT2D eigenvalue weighted by atomic mass is 16.3. The van der Waals surface area contributed by atoms with E-state index in [2.05, 4.69) is 17.4 Å². The molecule has 20 heavy (non-hydrogen) atoms. The fraction of sp³-hybridized carbons (Fsp3) is 0.471. The van der Waals surface area contributed by atoms with Crippen molar-refractivity contribution in [2.45, 2.75) is 49.8 Å². The first-order valence-corrected chi connectivity index (χ1v) is 7.58. The third kappa shape index (κ3) is 2.02. The highest BCUT2D eigenvalue weighted by Gasteiger charge is 2.42. The van der Waals surface area contributed by atoms with Crippen LogP contribution in [-0.2, 0) is 5.60 Å². The minimum Gasteiger partial charge on any atom is -0.383 e. The van der Waals surface area contributed by atoms with Crippen molar-refractivity contribution < 1.29 is 5.11 Å². The molecule has 2 aliphatic rings. The van der Waals surface area contributed by atoms with Crippen LogP contribution in [0.1, 0.15) is 37.8 Å². The Bertz CT molecular complexity index is 628. The zero-order valence-electron chi connectivity index (χ0n) is 11.5. The van der Waals surface area contributed by atoms with Crippen molar-refractivity contribution in [2.24, 2.45) is 0 Å². The van der Waals surface area contributed by atoms with Crippen molar-refractivity contribution >= 4 is 10.9 Å². The van der Waals surface area contributed by atoms with Crippen LogP contribution in [0.25, 0.3) is 10.9 Å². The van der Waals surface area contributed by atoms with Crippen LogP contribution < -0.4 is 5.32 Å². The summed E-state index contributed by atoms with van der Waals surface area (Å²) in [7, 11) is 0. The summed E-state index contributed by atoms with van der Waals surface area (Å²) in [5.41, 5.74) is 1.06. The average molecular weight is 268 g/mol. The lowest BCUT2D eigenvalue weighted by molar-refractivity contribution is -0.0390. The smallest absolute Gasteiger partial charge is 0.109 e. The van der Waals surface area contributed by atoms with Crippen LogP contribution in [0.3, 0.4) is 0 Å². The number of benzene rings is 1. The lowest BCUT2D eigenvalue weighted by Crippen LogP contribution is -2.54. The second-order valence-electron chi connectivity index (χ2n) is 6.32. The molecule has 3 nitrogen and oxygen atoms in total. The number of para-hydroxylation sites is 1. The van der Waals surface area contributed by atoms with E-state index in [9.17, 15) is 5.11 Å². The normalized spacial score (nSPS) is 33.2. The van der Waals surface area contributed by atoms with Crippen LogP contribution >= 0.6 is 0 Å². The second kappa shape index (κ2) is 4.54. The standard InChI is InChI=1S/C17H20N2O/c20-17(10-13-5-3-6-14(11-17)18-13)16-9-8-12-4-1-2-7-15(12)19-16/h1-2,4,7-9,13-14,18,20H,3,5-6,10-11H2. The summed E-state index contributed by atoms with van der Waals surface area (Å²) in [5, 5.41) is 15.9. The van der Waals surface area contributed by atoms with Gasteiger partial charge in [0, 0.05) is 17.5 Å². The number of nitrogens with one attached hydrogen (secondary N) is 1. The van der Waals surface area contributed by atoms with Crippen LogP contribution in [-0.4, -0.2) is 22.2 Å². The van der Waals surface area contributed by atoms with Crippen molar-refractivity contribution in [3.05, 3.63) is 42.1 Å². The van der Waals surface area contributed by atoms with E-state index in [-0.39, 0.29) is 0 Å². The van der Waals surface area contributed by atoms with Crippen LogP contribution in [0.5, 0.6) is 0 Å². The molecule has 1 aromatic carbocycles. The predicted octanol–water partition coefficient (Wildman–Crippen LogP) is 2.73. The second-order valence-corrected chi connectivity index (χ2v) is 6.32. The molecule has 0 amide bonds. The summed E-state index contributed by atoms with van der Waals surface area (Å²) in [6.45, 7) is 0. The van der Waals surface area contributed by atoms with Crippen LogP contribution in [0.15, 0.2) is 36.4 Å². The molecule has 2 aromatic rings. The van der Waals surface area contributed by atoms with E-state index in [0.29, 0.717) is 12.1 Å². The number of fused-ring (bicyclic) bond motifs is 3. The number of nitrogens with zero attached hydrogens (tertiary/aromatic N) is 1. The van der Waals surface area contributed by atoms with Gasteiger partial charge in [0.25, 0.3) is 0 Å². The Morgan fingerprint density at radius 1 is 1.05 bits per heavy atom. The van der Waals surface area contributed by atoms with Crippen molar-refractivity contribution in [2.75, 3.05) is 0 Å². The number of piperidine rings is 2. The molecule has 0 aliphatic carbocycles. The Morgan fingerprint density at radius 2 is 1.80 bits per heavy atom. The summed E-state index contributed by atoms with van der Waals surface area (Å²) in [4.78, 5) is 4.72. The SMILES string of the molecule is OC1(c2ccc3ccccc3n2)CC2CCCC(C1)N2. The van der Waals surface area contributed by atoms with E-state index in [1.807, 2.05) is 24.3 Å². The maximum atomic E-state index is 11.1. The Labute approximate surface area is 119 Å². The Kier molecular flexibility index (Phi) is 2.79. The summed E-state index contributed by atoms with van der Waals surface area (Å²) < 4.78 is 0. The lowest BCUT2D eigenvalue weighted by atomic mass is 9.75. The lowest BCUT2D eigenvalue weighted by Gasteiger charge is -2.45. The molecule has 3 heteroatoms. The number of hydrogen-bond donors (Lipinski definition) is 2. The third-order valence-corrected chi connectivity index (χ3v) is 4.82. The Balaban J connectivity index is 1.73. The molecular formula is C17H20N2O. The van der Waals surface area contributed by atoms with Crippen LogP contribution in [0, 0.1) is 0 Å². The molecule has 0 spiro atoms. The molecule has 2 unspecified atom stereocenters. The largest absolute Gasteiger partial charge is 0.383 e. The number of rotatable bonds is 1. The zero-order chi connectivity index (χ0) is 13.6. The Hall–Kier alpha value is -1.45. The first kappa shape index (κ1) is 12.3. The number of aromatic nitrogens is 1. The maximum Gasteiger partial charge on any atom is 0.109 e. The predicted molar refractivity (Wildman–Crippen MR) is 79.4 cm³/mol. The first-order chi connectivity index (χ1) is 9.73. The summed E-state index contributed by atoms with van der Waals surface area (Å²) in [5.74, 6) is 0. The minimum absolute atomic E-state index is 0.445. The van der Waals surface area contributed by atoms with E-state index in [1.165, 1.54) is 19.3 Å². The van der Waals surface area contributed by atoms with Gasteiger partial charge in [-0.2, -0.15) is 0 Å². The van der Waals surface area contributed by atoms with Gasteiger partial charge < -0.3 is 10.4 Å². The van der Waals surface area contributed by atoms with Gasteiger partial charge in [-0.15, -0.1) is 0 Å². The summed E-state index contributed by atoms with van der Waals surface area (Å²) >= 11 is 0. The van der Waals surface area contributed by atoms with Gasteiger partial charge in [0.1, 0.15) is 5.60 Å². The molecule has 2 N–H and O–H groups in total. The molecule has 2 atom stereocenters. The highest BCUT2D eigenvalue weighted by molar-refractivity contribution is 5.78. The number of aliphatic hydroxyl groups is 1. The zero-order valence-corrected chi connectivity index (χ0v) is 11.5. The molecule has 3 heterocycles. The van der Waals surface area contributed by atoms with E-state index in [0.717, 1.165) is 29.4 Å². The molecule has 104 valence electrons. The first-order valence-electron chi connectivity index (χ1n) is 7.58. The van der Waals surface area contributed by atoms with E-state index in [1.54, 1.807) is 0 Å². The van der Waals surface area contributed by atoms with Crippen molar-refractivity contribution in [1.29, 1.82) is 0 Å². The van der Waals surface area contributed by atoms with Crippen LogP contribution in [0.2, 0.25) is 0 Å². The molecule has 2 bridgehead atoms. The van der Waals surface area contributed by atoms with Crippen molar-refractivity contribution in [1.82, 2.24) is 10.3 Å². The molecule has 2 saturated heterocycles. The van der Waals surface area contributed by atoms with Crippen LogP contribution in [0.4, 0.5) is 0 Å². The molecule has 0 saturated carbocycles. The topological polar surface area (TPSA) is 45.2 Å². The monoisotopic (exact) mass is 268 g/mol. The average Bonchev–Trinajstić information content (AvgIpc) is 2.46. The number of hydrogen-bond acceptors (Lipinski definition) is 3. The number of pyridine rings is 1. The fourth-order valence-electron chi connectivity index (χ4n) is 3.87. The molecule has 2 fully saturated rings. The van der Waals surface area contributed by atoms with E-state index in [4.69, 9.17) is 4.98 Å². The molecule has 0 radical (unpaired) electrons. The highest BCUT2D eigenvalue weighted by Crippen LogP contribution is 2.39. The molecular weight excluding hydrogens is 248 g/mol. The van der Waals surface area contributed by atoms with E-state index >= 15 is 0 Å². The van der Waals surface area contributed by atoms with Gasteiger partial charge in [-0.3, -0.25) is 0 Å². The van der Waals surface area contributed by atoms with E-state index < -0.39 is 5.60 Å². The minimum atomic E-state index is -0.759. The summed E-state index contributed by atoms with van der Waals surface area (Å²) in [6.07, 6.45) is 5.20. The Morgan fingerprint density at radius 3 is 2.60 bits per heavy atom. The maximum absolute atomic E-state index is 11.1. The van der Waals surface area contributed by atoms with Gasteiger partial charge in [-0.1, -0.05) is 30.7 Å². The fourth-order valence-corrected chi connectivity index (χ4v) is 3.87.